The Bertz CT molecular complexity index is 596. The third kappa shape index (κ3) is 3.02. The number of pyridine rings is 1. The Morgan fingerprint density at radius 1 is 1.42 bits per heavy atom. The summed E-state index contributed by atoms with van der Waals surface area (Å²) in [4.78, 5) is 15.1. The molecule has 0 aliphatic carbocycles. The lowest BCUT2D eigenvalue weighted by molar-refractivity contribution is -0.118. The molecular formula is C15H18N2O2. The van der Waals surface area contributed by atoms with Crippen LogP contribution in [0.4, 0.5) is 0 Å². The molecule has 1 amide bonds. The molecule has 4 nitrogen and oxygen atoms in total. The van der Waals surface area contributed by atoms with E-state index < -0.39 is 0 Å². The summed E-state index contributed by atoms with van der Waals surface area (Å²) in [6, 6.07) is 5.92. The maximum atomic E-state index is 10.9. The molecule has 1 heterocycles. The first-order valence-electron chi connectivity index (χ1n) is 6.31. The van der Waals surface area contributed by atoms with E-state index in [-0.39, 0.29) is 11.8 Å². The average Bonchev–Trinajstić information content (AvgIpc) is 2.43. The maximum absolute atomic E-state index is 10.9. The number of amides is 1. The second kappa shape index (κ2) is 5.69. The van der Waals surface area contributed by atoms with Crippen molar-refractivity contribution in [2.45, 2.75) is 25.7 Å². The molecule has 1 atom stereocenters. The Kier molecular flexibility index (Phi) is 4.00. The molecule has 0 aliphatic rings. The van der Waals surface area contributed by atoms with E-state index in [0.717, 1.165) is 28.5 Å². The Balaban J connectivity index is 2.38. The lowest BCUT2D eigenvalue weighted by atomic mass is 9.93. The molecule has 19 heavy (non-hydrogen) atoms. The normalized spacial score (nSPS) is 12.3. The Hall–Kier alpha value is -2.10. The van der Waals surface area contributed by atoms with Gasteiger partial charge in [-0.25, -0.2) is 0 Å². The van der Waals surface area contributed by atoms with Crippen molar-refractivity contribution in [2.24, 2.45) is 5.73 Å². The molecule has 1 aromatic carbocycles. The molecule has 100 valence electrons. The fourth-order valence-electron chi connectivity index (χ4n) is 2.20. The Labute approximate surface area is 112 Å². The van der Waals surface area contributed by atoms with Gasteiger partial charge in [-0.1, -0.05) is 6.92 Å². The van der Waals surface area contributed by atoms with E-state index >= 15 is 0 Å². The zero-order valence-corrected chi connectivity index (χ0v) is 11.2. The van der Waals surface area contributed by atoms with Crippen molar-refractivity contribution >= 4 is 16.7 Å². The minimum absolute atomic E-state index is 0.232. The lowest BCUT2D eigenvalue weighted by Crippen LogP contribution is -2.11. The minimum Gasteiger partial charge on any atom is -0.497 e. The van der Waals surface area contributed by atoms with Crippen molar-refractivity contribution in [3.8, 4) is 5.75 Å². The summed E-state index contributed by atoms with van der Waals surface area (Å²) in [7, 11) is 1.65. The predicted octanol–water partition coefficient (Wildman–Crippen LogP) is 2.61. The molecule has 0 saturated heterocycles. The van der Waals surface area contributed by atoms with Crippen LogP contribution < -0.4 is 10.5 Å². The number of methoxy groups -OCH3 is 1. The highest BCUT2D eigenvalue weighted by Crippen LogP contribution is 2.30. The van der Waals surface area contributed by atoms with Crippen LogP contribution in [0.3, 0.4) is 0 Å². The summed E-state index contributed by atoms with van der Waals surface area (Å²) in [5.41, 5.74) is 6.33. The number of nitrogens with two attached hydrogens (primary N) is 1. The van der Waals surface area contributed by atoms with Crippen LogP contribution in [0.25, 0.3) is 10.8 Å². The zero-order valence-electron chi connectivity index (χ0n) is 11.2. The highest BCUT2D eigenvalue weighted by atomic mass is 16.5. The molecule has 1 unspecified atom stereocenters. The lowest BCUT2D eigenvalue weighted by Gasteiger charge is -2.14. The van der Waals surface area contributed by atoms with Crippen molar-refractivity contribution in [3.05, 3.63) is 36.2 Å². The van der Waals surface area contributed by atoms with Gasteiger partial charge in [0.1, 0.15) is 5.75 Å². The summed E-state index contributed by atoms with van der Waals surface area (Å²) in [6.45, 7) is 2.08. The van der Waals surface area contributed by atoms with Crippen LogP contribution in [-0.4, -0.2) is 18.0 Å². The summed E-state index contributed by atoms with van der Waals surface area (Å²) < 4.78 is 5.26. The SMILES string of the molecule is COc1ccc2cncc(C(C)CCC(N)=O)c2c1. The van der Waals surface area contributed by atoms with Crippen LogP contribution in [0, 0.1) is 0 Å². The fourth-order valence-corrected chi connectivity index (χ4v) is 2.20. The average molecular weight is 258 g/mol. The van der Waals surface area contributed by atoms with E-state index in [1.54, 1.807) is 7.11 Å². The molecule has 0 radical (unpaired) electrons. The van der Waals surface area contributed by atoms with Crippen molar-refractivity contribution in [1.82, 2.24) is 4.98 Å². The van der Waals surface area contributed by atoms with Gasteiger partial charge < -0.3 is 10.5 Å². The van der Waals surface area contributed by atoms with Crippen LogP contribution in [0.1, 0.15) is 31.2 Å². The summed E-state index contributed by atoms with van der Waals surface area (Å²) in [5, 5.41) is 2.19. The van der Waals surface area contributed by atoms with Crippen molar-refractivity contribution in [2.75, 3.05) is 7.11 Å². The third-order valence-electron chi connectivity index (χ3n) is 3.35. The number of nitrogens with zero attached hydrogens (tertiary/aromatic N) is 1. The van der Waals surface area contributed by atoms with Crippen LogP contribution in [-0.2, 0) is 4.79 Å². The van der Waals surface area contributed by atoms with E-state index in [9.17, 15) is 4.79 Å². The number of fused-ring (bicyclic) bond motifs is 1. The van der Waals surface area contributed by atoms with Crippen LogP contribution in [0.15, 0.2) is 30.6 Å². The van der Waals surface area contributed by atoms with Gasteiger partial charge in [-0.2, -0.15) is 0 Å². The van der Waals surface area contributed by atoms with Crippen molar-refractivity contribution < 1.29 is 9.53 Å². The molecule has 1 aromatic heterocycles. The van der Waals surface area contributed by atoms with Gasteiger partial charge in [-0.3, -0.25) is 9.78 Å². The van der Waals surface area contributed by atoms with E-state index in [1.165, 1.54) is 0 Å². The number of aromatic nitrogens is 1. The molecule has 2 aromatic rings. The van der Waals surface area contributed by atoms with Crippen molar-refractivity contribution in [1.29, 1.82) is 0 Å². The van der Waals surface area contributed by atoms with Gasteiger partial charge in [0.05, 0.1) is 7.11 Å². The van der Waals surface area contributed by atoms with Crippen molar-refractivity contribution in [3.63, 3.8) is 0 Å². The number of primary amides is 1. The smallest absolute Gasteiger partial charge is 0.217 e. The van der Waals surface area contributed by atoms with Crippen LogP contribution >= 0.6 is 0 Å². The highest BCUT2D eigenvalue weighted by Gasteiger charge is 2.11. The summed E-state index contributed by atoms with van der Waals surface area (Å²) in [6.07, 6.45) is 4.81. The first kappa shape index (κ1) is 13.3. The van der Waals surface area contributed by atoms with Gasteiger partial charge >= 0.3 is 0 Å². The molecule has 2 N–H and O–H groups in total. The van der Waals surface area contributed by atoms with Crippen LogP contribution in [0.2, 0.25) is 0 Å². The summed E-state index contributed by atoms with van der Waals surface area (Å²) >= 11 is 0. The predicted molar refractivity (Wildman–Crippen MR) is 75.1 cm³/mol. The molecule has 2 rings (SSSR count). The Morgan fingerprint density at radius 3 is 2.89 bits per heavy atom. The maximum Gasteiger partial charge on any atom is 0.217 e. The van der Waals surface area contributed by atoms with Gasteiger partial charge in [0.2, 0.25) is 5.91 Å². The van der Waals surface area contributed by atoms with Gasteiger partial charge in [-0.15, -0.1) is 0 Å². The molecular weight excluding hydrogens is 240 g/mol. The minimum atomic E-state index is -0.266. The molecule has 0 spiro atoms. The standard InChI is InChI=1S/C15H18N2O2/c1-10(3-6-15(16)18)14-9-17-8-11-4-5-12(19-2)7-13(11)14/h4-5,7-10H,3,6H2,1-2H3,(H2,16,18). The van der Waals surface area contributed by atoms with Crippen LogP contribution in [0.5, 0.6) is 5.75 Å². The fraction of sp³-hybridized carbons (Fsp3) is 0.333. The number of benzene rings is 1. The highest BCUT2D eigenvalue weighted by molar-refractivity contribution is 5.86. The number of hydrogen-bond acceptors (Lipinski definition) is 3. The number of rotatable bonds is 5. The second-order valence-corrected chi connectivity index (χ2v) is 4.72. The molecule has 0 saturated carbocycles. The summed E-state index contributed by atoms with van der Waals surface area (Å²) in [5.74, 6) is 0.787. The molecule has 4 heteroatoms. The van der Waals surface area contributed by atoms with Gasteiger partial charge in [-0.05, 0) is 41.5 Å². The topological polar surface area (TPSA) is 65.2 Å². The van der Waals surface area contributed by atoms with Gasteiger partial charge in [0.15, 0.2) is 0 Å². The van der Waals surface area contributed by atoms with E-state index in [4.69, 9.17) is 10.5 Å². The number of ether oxygens (including phenoxy) is 1. The monoisotopic (exact) mass is 258 g/mol. The van der Waals surface area contributed by atoms with Gasteiger partial charge in [0, 0.05) is 24.2 Å². The van der Waals surface area contributed by atoms with E-state index in [2.05, 4.69) is 11.9 Å². The van der Waals surface area contributed by atoms with E-state index in [0.29, 0.717) is 6.42 Å². The molecule has 0 bridgehead atoms. The Morgan fingerprint density at radius 2 is 2.21 bits per heavy atom. The zero-order chi connectivity index (χ0) is 13.8. The number of carbonyl (C=O) groups excluding carboxylic acids is 1. The third-order valence-corrected chi connectivity index (χ3v) is 3.35. The second-order valence-electron chi connectivity index (χ2n) is 4.72. The first-order valence-corrected chi connectivity index (χ1v) is 6.31. The number of carbonyl (C=O) groups is 1. The molecule has 0 fully saturated rings. The largest absolute Gasteiger partial charge is 0.497 e. The molecule has 0 aliphatic heterocycles. The first-order chi connectivity index (χ1) is 9.11. The quantitative estimate of drug-likeness (QED) is 0.896. The van der Waals surface area contributed by atoms with E-state index in [1.807, 2.05) is 30.6 Å². The number of hydrogen-bond donors (Lipinski definition) is 1. The van der Waals surface area contributed by atoms with Gasteiger partial charge in [0.25, 0.3) is 0 Å².